The summed E-state index contributed by atoms with van der Waals surface area (Å²) >= 11 is 0. The molecule has 0 aromatic heterocycles. The van der Waals surface area contributed by atoms with Crippen LogP contribution in [0.5, 0.6) is 0 Å². The Hall–Kier alpha value is -3.62. The van der Waals surface area contributed by atoms with Crippen LogP contribution in [0.4, 0.5) is 5.69 Å². The highest BCUT2D eigenvalue weighted by molar-refractivity contribution is 5.93. The second kappa shape index (κ2) is 9.36. The van der Waals surface area contributed by atoms with Gasteiger partial charge in [0.1, 0.15) is 5.92 Å². The van der Waals surface area contributed by atoms with Crippen LogP contribution < -0.4 is 0 Å². The molecule has 0 heterocycles. The monoisotopic (exact) mass is 386 g/mol. The maximum Gasteiger partial charge on any atom is 0.382 e. The Morgan fingerprint density at radius 3 is 2.29 bits per heavy atom. The predicted molar refractivity (Wildman–Crippen MR) is 98.4 cm³/mol. The number of Topliss-reactive ketones (excluding diaryl/α,β-unsaturated/α-hetero) is 1. The third-order valence-electron chi connectivity index (χ3n) is 4.08. The van der Waals surface area contributed by atoms with Gasteiger partial charge in [0.15, 0.2) is 5.78 Å². The number of carbonyl (C=O) groups excluding carboxylic acids is 2. The molecule has 2 rings (SSSR count). The Kier molecular flexibility index (Phi) is 6.91. The summed E-state index contributed by atoms with van der Waals surface area (Å²) in [4.78, 5) is 46.3. The molecule has 146 valence electrons. The predicted octanol–water partition coefficient (Wildman–Crippen LogP) is 2.70. The molecule has 0 spiro atoms. The molecule has 2 aromatic rings. The van der Waals surface area contributed by atoms with E-state index in [1.54, 1.807) is 30.3 Å². The van der Waals surface area contributed by atoms with Crippen LogP contribution in [-0.4, -0.2) is 34.2 Å². The molecule has 0 saturated carbocycles. The van der Waals surface area contributed by atoms with E-state index in [2.05, 4.69) is 0 Å². The zero-order valence-corrected chi connectivity index (χ0v) is 15.0. The Bertz CT molecular complexity index is 883. The molecule has 0 bridgehead atoms. The molecule has 28 heavy (non-hydrogen) atoms. The lowest BCUT2D eigenvalue weighted by molar-refractivity contribution is -0.512. The minimum atomic E-state index is -2.00. The molecule has 0 aliphatic rings. The van der Waals surface area contributed by atoms with Crippen molar-refractivity contribution in [3.63, 3.8) is 0 Å². The number of nitrogens with zero attached hydrogens (tertiary/aromatic N) is 2. The van der Waals surface area contributed by atoms with Gasteiger partial charge in [-0.05, 0) is 18.1 Å². The third-order valence-corrected chi connectivity index (χ3v) is 4.08. The number of nitro benzene ring substituents is 1. The van der Waals surface area contributed by atoms with Gasteiger partial charge in [0.05, 0.1) is 11.5 Å². The fourth-order valence-electron chi connectivity index (χ4n) is 2.85. The molecule has 0 N–H and O–H groups in total. The second-order valence-corrected chi connectivity index (χ2v) is 5.94. The standard InChI is InChI=1S/C19H18N2O7/c1-2-28-19(23)18(21(26)27)17(14-9-6-10-15(12-14)20(24)25)16(22)11-13-7-4-3-5-8-13/h3-10,12,17-18H,2,11H2,1H3. The number of hydrogen-bond donors (Lipinski definition) is 0. The average molecular weight is 386 g/mol. The summed E-state index contributed by atoms with van der Waals surface area (Å²) in [6, 6.07) is 11.5. The zero-order chi connectivity index (χ0) is 20.7. The van der Waals surface area contributed by atoms with E-state index < -0.39 is 33.6 Å². The van der Waals surface area contributed by atoms with Crippen molar-refractivity contribution in [3.05, 3.63) is 86.0 Å². The van der Waals surface area contributed by atoms with Crippen LogP contribution in [-0.2, 0) is 20.7 Å². The number of nitro groups is 2. The van der Waals surface area contributed by atoms with Gasteiger partial charge >= 0.3 is 12.0 Å². The van der Waals surface area contributed by atoms with Crippen LogP contribution in [0.15, 0.2) is 54.6 Å². The molecule has 0 amide bonds. The van der Waals surface area contributed by atoms with E-state index in [0.29, 0.717) is 5.56 Å². The van der Waals surface area contributed by atoms with Gasteiger partial charge in [0.25, 0.3) is 5.69 Å². The summed E-state index contributed by atoms with van der Waals surface area (Å²) in [6.07, 6.45) is -0.169. The molecule has 2 atom stereocenters. The summed E-state index contributed by atoms with van der Waals surface area (Å²) in [5, 5.41) is 22.7. The lowest BCUT2D eigenvalue weighted by Crippen LogP contribution is -2.41. The van der Waals surface area contributed by atoms with Gasteiger partial charge in [-0.1, -0.05) is 42.5 Å². The van der Waals surface area contributed by atoms with E-state index in [4.69, 9.17) is 4.74 Å². The molecular weight excluding hydrogens is 368 g/mol. The van der Waals surface area contributed by atoms with E-state index in [1.807, 2.05) is 0 Å². The Labute approximate surface area is 160 Å². The Morgan fingerprint density at radius 1 is 1.04 bits per heavy atom. The maximum atomic E-state index is 13.0. The fourth-order valence-corrected chi connectivity index (χ4v) is 2.85. The minimum Gasteiger partial charge on any atom is -0.461 e. The highest BCUT2D eigenvalue weighted by Crippen LogP contribution is 2.28. The smallest absolute Gasteiger partial charge is 0.382 e. The first kappa shape index (κ1) is 20.7. The summed E-state index contributed by atoms with van der Waals surface area (Å²) < 4.78 is 4.78. The fraction of sp³-hybridized carbons (Fsp3) is 0.263. The number of hydrogen-bond acceptors (Lipinski definition) is 7. The van der Waals surface area contributed by atoms with Crippen LogP contribution in [0.2, 0.25) is 0 Å². The number of esters is 1. The molecule has 9 nitrogen and oxygen atoms in total. The SMILES string of the molecule is CCOC(=O)C(C(C(=O)Cc1ccccc1)c1cccc([N+](=O)[O-])c1)[N+](=O)[O-]. The molecule has 0 aliphatic carbocycles. The van der Waals surface area contributed by atoms with Crippen LogP contribution in [0, 0.1) is 20.2 Å². The van der Waals surface area contributed by atoms with Crippen molar-refractivity contribution in [2.24, 2.45) is 0 Å². The molecule has 9 heteroatoms. The molecule has 2 aromatic carbocycles. The Balaban J connectivity index is 2.51. The van der Waals surface area contributed by atoms with Crippen molar-refractivity contribution in [3.8, 4) is 0 Å². The number of non-ortho nitro benzene ring substituents is 1. The number of carbonyl (C=O) groups is 2. The number of rotatable bonds is 9. The summed E-state index contributed by atoms with van der Waals surface area (Å²) in [5.41, 5.74) is 0.291. The van der Waals surface area contributed by atoms with Gasteiger partial charge in [0, 0.05) is 23.5 Å². The maximum absolute atomic E-state index is 13.0. The highest BCUT2D eigenvalue weighted by Gasteiger charge is 2.45. The van der Waals surface area contributed by atoms with Gasteiger partial charge in [-0.15, -0.1) is 0 Å². The molecule has 0 radical (unpaired) electrons. The first-order valence-corrected chi connectivity index (χ1v) is 8.46. The molecule has 2 unspecified atom stereocenters. The minimum absolute atomic E-state index is 0.0184. The molecule has 0 saturated heterocycles. The number of benzene rings is 2. The zero-order valence-electron chi connectivity index (χ0n) is 15.0. The van der Waals surface area contributed by atoms with Crippen LogP contribution in [0.1, 0.15) is 24.0 Å². The third kappa shape index (κ3) is 4.97. The Morgan fingerprint density at radius 2 is 1.71 bits per heavy atom. The number of ether oxygens (including phenoxy) is 1. The lowest BCUT2D eigenvalue weighted by Gasteiger charge is -2.19. The first-order chi connectivity index (χ1) is 13.3. The summed E-state index contributed by atoms with van der Waals surface area (Å²) in [5.74, 6) is -3.29. The lowest BCUT2D eigenvalue weighted by atomic mass is 9.85. The van der Waals surface area contributed by atoms with Crippen molar-refractivity contribution in [2.45, 2.75) is 25.3 Å². The summed E-state index contributed by atoms with van der Waals surface area (Å²) in [6.45, 7) is 1.39. The van der Waals surface area contributed by atoms with Crippen molar-refractivity contribution in [1.82, 2.24) is 0 Å². The molecule has 0 fully saturated rings. The number of ketones is 1. The van der Waals surface area contributed by atoms with Gasteiger partial charge < -0.3 is 4.74 Å². The van der Waals surface area contributed by atoms with E-state index in [9.17, 15) is 29.8 Å². The van der Waals surface area contributed by atoms with E-state index in [-0.39, 0.29) is 24.3 Å². The quantitative estimate of drug-likeness (QED) is 0.368. The van der Waals surface area contributed by atoms with Crippen molar-refractivity contribution < 1.29 is 24.2 Å². The van der Waals surface area contributed by atoms with Gasteiger partial charge in [0.2, 0.25) is 0 Å². The van der Waals surface area contributed by atoms with Crippen molar-refractivity contribution in [1.29, 1.82) is 0 Å². The van der Waals surface area contributed by atoms with Gasteiger partial charge in [-0.2, -0.15) is 0 Å². The first-order valence-electron chi connectivity index (χ1n) is 8.46. The summed E-state index contributed by atoms with van der Waals surface area (Å²) in [7, 11) is 0. The highest BCUT2D eigenvalue weighted by atomic mass is 16.6. The topological polar surface area (TPSA) is 130 Å². The van der Waals surface area contributed by atoms with Crippen LogP contribution >= 0.6 is 0 Å². The largest absolute Gasteiger partial charge is 0.461 e. The van der Waals surface area contributed by atoms with Gasteiger partial charge in [-0.25, -0.2) is 4.79 Å². The van der Waals surface area contributed by atoms with Gasteiger partial charge in [-0.3, -0.25) is 25.0 Å². The second-order valence-electron chi connectivity index (χ2n) is 5.94. The van der Waals surface area contributed by atoms with Crippen LogP contribution in [0.25, 0.3) is 0 Å². The van der Waals surface area contributed by atoms with Crippen molar-refractivity contribution >= 4 is 17.4 Å². The van der Waals surface area contributed by atoms with E-state index in [1.165, 1.54) is 25.1 Å². The van der Waals surface area contributed by atoms with E-state index >= 15 is 0 Å². The molecular formula is C19H18N2O7. The average Bonchev–Trinajstić information content (AvgIpc) is 2.66. The van der Waals surface area contributed by atoms with E-state index in [0.717, 1.165) is 6.07 Å². The van der Waals surface area contributed by atoms with Crippen LogP contribution in [0.3, 0.4) is 0 Å². The van der Waals surface area contributed by atoms with Crippen molar-refractivity contribution in [2.75, 3.05) is 6.61 Å². The normalized spacial score (nSPS) is 12.6. The molecule has 0 aliphatic heterocycles.